The molecule has 4 aromatic rings. The normalized spacial score (nSPS) is 13.6. The Morgan fingerprint density at radius 2 is 1.49 bits per heavy atom. The minimum Gasteiger partial charge on any atom is -0.484 e. The minimum absolute atomic E-state index is 0.0263. The molecule has 1 aromatic heterocycles. The molecule has 39 heavy (non-hydrogen) atoms. The van der Waals surface area contributed by atoms with E-state index in [1.807, 2.05) is 4.90 Å². The van der Waals surface area contributed by atoms with E-state index >= 15 is 0 Å². The van der Waals surface area contributed by atoms with Crippen molar-refractivity contribution in [1.82, 2.24) is 14.4 Å². The van der Waals surface area contributed by atoms with Crippen LogP contribution in [-0.2, 0) is 27.5 Å². The highest BCUT2D eigenvalue weighted by Gasteiger charge is 2.22. The minimum atomic E-state index is -1.82. The maximum absolute atomic E-state index is 12.6. The number of benzene rings is 3. The number of carboxylic acids is 2. The summed E-state index contributed by atoms with van der Waals surface area (Å²) in [5, 5.41) is 18.1. The first-order chi connectivity index (χ1) is 18.8. The number of fused-ring (bicyclic) bond motifs is 3. The summed E-state index contributed by atoms with van der Waals surface area (Å²) in [4.78, 5) is 35.1. The van der Waals surface area contributed by atoms with Gasteiger partial charge < -0.3 is 24.4 Å². The summed E-state index contributed by atoms with van der Waals surface area (Å²) < 4.78 is 8.00. The van der Waals surface area contributed by atoms with Crippen LogP contribution in [0.5, 0.6) is 5.75 Å². The van der Waals surface area contributed by atoms with E-state index in [9.17, 15) is 4.79 Å². The largest absolute Gasteiger partial charge is 0.484 e. The Morgan fingerprint density at radius 1 is 0.846 bits per heavy atom. The fourth-order valence-electron chi connectivity index (χ4n) is 4.72. The molecule has 204 valence electrons. The van der Waals surface area contributed by atoms with Gasteiger partial charge in [-0.3, -0.25) is 9.69 Å². The summed E-state index contributed by atoms with van der Waals surface area (Å²) in [6, 6.07) is 22.5. The number of aliphatic carboxylic acids is 2. The van der Waals surface area contributed by atoms with Crippen LogP contribution in [0.4, 0.5) is 0 Å². The van der Waals surface area contributed by atoms with Gasteiger partial charge in [0.05, 0.1) is 0 Å². The van der Waals surface area contributed by atoms with Gasteiger partial charge in [0.25, 0.3) is 5.91 Å². The number of rotatable bonds is 6. The Labute approximate surface area is 230 Å². The standard InChI is InChI=1S/C27H28ClN3O2.C2H2O4/c1-2-31-25-6-4-3-5-23(25)24-17-20(7-12-26(24)31)18-29-13-15-30(16-14-29)27(32)19-33-22-10-8-21(28)9-11-22;3-1(4)2(5)6/h3-12,17H,2,13-16,18-19H2,1H3;(H,3,4)(H,5,6). The second kappa shape index (κ2) is 12.6. The van der Waals surface area contributed by atoms with Crippen molar-refractivity contribution in [2.24, 2.45) is 0 Å². The number of amides is 1. The Morgan fingerprint density at radius 3 is 2.13 bits per heavy atom. The first kappa shape index (κ1) is 27.9. The zero-order chi connectivity index (χ0) is 27.9. The summed E-state index contributed by atoms with van der Waals surface area (Å²) in [6.45, 7) is 7.27. The van der Waals surface area contributed by atoms with Crippen LogP contribution in [0.2, 0.25) is 5.02 Å². The first-order valence-electron chi connectivity index (χ1n) is 12.6. The van der Waals surface area contributed by atoms with Gasteiger partial charge in [-0.2, -0.15) is 0 Å². The van der Waals surface area contributed by atoms with Crippen LogP contribution in [0, 0.1) is 0 Å². The molecule has 9 nitrogen and oxygen atoms in total. The molecule has 1 aliphatic rings. The maximum atomic E-state index is 12.6. The average Bonchev–Trinajstić information content (AvgIpc) is 3.26. The Hall–Kier alpha value is -4.08. The predicted molar refractivity (Wildman–Crippen MR) is 149 cm³/mol. The fourth-order valence-corrected chi connectivity index (χ4v) is 4.85. The van der Waals surface area contributed by atoms with Crippen molar-refractivity contribution in [3.8, 4) is 5.75 Å². The molecule has 2 heterocycles. The number of halogens is 1. The Bertz CT molecular complexity index is 1460. The van der Waals surface area contributed by atoms with E-state index in [0.717, 1.165) is 39.3 Å². The van der Waals surface area contributed by atoms with Crippen molar-refractivity contribution in [1.29, 1.82) is 0 Å². The molecule has 3 aromatic carbocycles. The van der Waals surface area contributed by atoms with Crippen LogP contribution >= 0.6 is 11.6 Å². The van der Waals surface area contributed by atoms with Crippen LogP contribution in [-0.4, -0.2) is 75.2 Å². The summed E-state index contributed by atoms with van der Waals surface area (Å²) in [7, 11) is 0. The SMILES string of the molecule is CCn1c2ccccc2c2cc(CN3CCN(C(=O)COc4ccc(Cl)cc4)CC3)ccc21.O=C(O)C(=O)O. The molecule has 0 radical (unpaired) electrons. The zero-order valence-electron chi connectivity index (χ0n) is 21.5. The number of hydrogen-bond donors (Lipinski definition) is 2. The second-order valence-electron chi connectivity index (χ2n) is 9.12. The van der Waals surface area contributed by atoms with Gasteiger partial charge >= 0.3 is 11.9 Å². The van der Waals surface area contributed by atoms with Crippen molar-refractivity contribution >= 4 is 51.3 Å². The summed E-state index contributed by atoms with van der Waals surface area (Å²) >= 11 is 5.89. The van der Waals surface area contributed by atoms with Crippen molar-refractivity contribution in [2.75, 3.05) is 32.8 Å². The lowest BCUT2D eigenvalue weighted by Gasteiger charge is -2.34. The average molecular weight is 552 g/mol. The van der Waals surface area contributed by atoms with Gasteiger partial charge in [-0.05, 0) is 55.0 Å². The number of piperazine rings is 1. The molecule has 2 N–H and O–H groups in total. The highest BCUT2D eigenvalue weighted by Crippen LogP contribution is 2.30. The van der Waals surface area contributed by atoms with Gasteiger partial charge in [0, 0.05) is 66.1 Å². The number of aryl methyl sites for hydroxylation is 1. The van der Waals surface area contributed by atoms with Crippen LogP contribution in [0.25, 0.3) is 21.8 Å². The third-order valence-corrected chi connectivity index (χ3v) is 6.90. The lowest BCUT2D eigenvalue weighted by atomic mass is 10.1. The Balaban J connectivity index is 0.000000531. The molecule has 10 heteroatoms. The highest BCUT2D eigenvalue weighted by molar-refractivity contribution is 6.30. The molecule has 1 amide bonds. The van der Waals surface area contributed by atoms with E-state index in [1.54, 1.807) is 24.3 Å². The quantitative estimate of drug-likeness (QED) is 0.343. The van der Waals surface area contributed by atoms with E-state index in [2.05, 4.69) is 58.9 Å². The molecule has 0 bridgehead atoms. The van der Waals surface area contributed by atoms with E-state index in [0.29, 0.717) is 10.8 Å². The van der Waals surface area contributed by atoms with E-state index in [-0.39, 0.29) is 12.5 Å². The molecule has 1 fully saturated rings. The monoisotopic (exact) mass is 551 g/mol. The number of carbonyl (C=O) groups excluding carboxylic acids is 1. The molecule has 1 saturated heterocycles. The number of carbonyl (C=O) groups is 3. The number of nitrogens with zero attached hydrogens (tertiary/aromatic N) is 3. The van der Waals surface area contributed by atoms with Crippen molar-refractivity contribution < 1.29 is 29.3 Å². The van der Waals surface area contributed by atoms with Crippen LogP contribution in [0.1, 0.15) is 12.5 Å². The van der Waals surface area contributed by atoms with Crippen LogP contribution in [0.3, 0.4) is 0 Å². The van der Waals surface area contributed by atoms with Crippen LogP contribution in [0.15, 0.2) is 66.7 Å². The van der Waals surface area contributed by atoms with Gasteiger partial charge in [0.15, 0.2) is 6.61 Å². The molecule has 0 unspecified atom stereocenters. The fraction of sp³-hybridized carbons (Fsp3) is 0.276. The molecule has 1 aliphatic heterocycles. The molecule has 0 aliphatic carbocycles. The van der Waals surface area contributed by atoms with E-state index in [4.69, 9.17) is 36.1 Å². The third kappa shape index (κ3) is 6.87. The number of aromatic nitrogens is 1. The molecular weight excluding hydrogens is 522 g/mol. The van der Waals surface area contributed by atoms with Crippen LogP contribution < -0.4 is 4.74 Å². The molecule has 0 saturated carbocycles. The summed E-state index contributed by atoms with van der Waals surface area (Å²) in [5.41, 5.74) is 3.89. The molecule has 5 rings (SSSR count). The van der Waals surface area contributed by atoms with Crippen molar-refractivity contribution in [3.05, 3.63) is 77.3 Å². The van der Waals surface area contributed by atoms with Crippen molar-refractivity contribution in [2.45, 2.75) is 20.0 Å². The molecule has 0 spiro atoms. The number of para-hydroxylation sites is 1. The Kier molecular flexibility index (Phi) is 9.06. The molecular formula is C29H30ClN3O6. The smallest absolute Gasteiger partial charge is 0.414 e. The van der Waals surface area contributed by atoms with Gasteiger partial charge in [-0.15, -0.1) is 0 Å². The summed E-state index contributed by atoms with van der Waals surface area (Å²) in [5.74, 6) is -2.96. The second-order valence-corrected chi connectivity index (χ2v) is 9.56. The summed E-state index contributed by atoms with van der Waals surface area (Å²) in [6.07, 6.45) is 0. The third-order valence-electron chi connectivity index (χ3n) is 6.64. The van der Waals surface area contributed by atoms with Gasteiger partial charge in [-0.25, -0.2) is 9.59 Å². The maximum Gasteiger partial charge on any atom is 0.414 e. The van der Waals surface area contributed by atoms with E-state index in [1.165, 1.54) is 27.4 Å². The number of carboxylic acid groups (broad SMARTS) is 2. The van der Waals surface area contributed by atoms with Gasteiger partial charge in [0.1, 0.15) is 5.75 Å². The number of ether oxygens (including phenoxy) is 1. The topological polar surface area (TPSA) is 112 Å². The first-order valence-corrected chi connectivity index (χ1v) is 13.0. The lowest BCUT2D eigenvalue weighted by molar-refractivity contribution is -0.159. The number of hydrogen-bond acceptors (Lipinski definition) is 5. The van der Waals surface area contributed by atoms with Gasteiger partial charge in [0.2, 0.25) is 0 Å². The van der Waals surface area contributed by atoms with Crippen molar-refractivity contribution in [3.63, 3.8) is 0 Å². The molecule has 0 atom stereocenters. The van der Waals surface area contributed by atoms with Gasteiger partial charge in [-0.1, -0.05) is 35.9 Å². The highest BCUT2D eigenvalue weighted by atomic mass is 35.5. The zero-order valence-corrected chi connectivity index (χ0v) is 22.3. The lowest BCUT2D eigenvalue weighted by Crippen LogP contribution is -2.49. The predicted octanol–water partition coefficient (Wildman–Crippen LogP) is 4.35. The van der Waals surface area contributed by atoms with E-state index < -0.39 is 11.9 Å².